The number of aliphatic carboxylic acids is 1. The van der Waals surface area contributed by atoms with Crippen LogP contribution in [0.5, 0.6) is 0 Å². The second-order valence-electron chi connectivity index (χ2n) is 9.67. The van der Waals surface area contributed by atoms with Crippen molar-refractivity contribution in [2.75, 3.05) is 11.9 Å². The molecule has 37 heavy (non-hydrogen) atoms. The molecule has 3 aromatic rings. The van der Waals surface area contributed by atoms with E-state index in [1.807, 2.05) is 12.1 Å². The molecule has 0 amide bonds. The highest BCUT2D eigenvalue weighted by Crippen LogP contribution is 2.30. The number of halogens is 1. The standard InChI is InChI=1S/C28H34ClN3O4S/c1-4-5-17-28(2,3)22-11-9-21(10-12-22)19-32(37(35,36)25-15-13-23(29)14-16-25)20-24-7-6-8-26(31-24)30-18-27(33)34/h6-16H,4-5,17-20H2,1-3H3,(H,30,31)(H,33,34). The average Bonchev–Trinajstić information content (AvgIpc) is 2.87. The molecule has 0 radical (unpaired) electrons. The predicted molar refractivity (Wildman–Crippen MR) is 147 cm³/mol. The maximum absolute atomic E-state index is 13.7. The highest BCUT2D eigenvalue weighted by atomic mass is 35.5. The van der Waals surface area contributed by atoms with Gasteiger partial charge < -0.3 is 10.4 Å². The molecular formula is C28H34ClN3O4S. The van der Waals surface area contributed by atoms with Crippen LogP contribution in [0.1, 0.15) is 56.9 Å². The van der Waals surface area contributed by atoms with Crippen molar-refractivity contribution in [2.24, 2.45) is 0 Å². The third-order valence-electron chi connectivity index (χ3n) is 6.27. The summed E-state index contributed by atoms with van der Waals surface area (Å²) in [5.74, 6) is -0.650. The van der Waals surface area contributed by atoms with Crippen LogP contribution in [0.4, 0.5) is 5.82 Å². The maximum Gasteiger partial charge on any atom is 0.322 e. The summed E-state index contributed by atoms with van der Waals surface area (Å²) in [7, 11) is -3.88. The first-order valence-corrected chi connectivity index (χ1v) is 14.1. The number of anilines is 1. The molecule has 3 rings (SSSR count). The Morgan fingerprint density at radius 2 is 1.70 bits per heavy atom. The molecule has 0 fully saturated rings. The van der Waals surface area contributed by atoms with E-state index in [0.717, 1.165) is 24.8 Å². The van der Waals surface area contributed by atoms with E-state index < -0.39 is 16.0 Å². The summed E-state index contributed by atoms with van der Waals surface area (Å²) in [6, 6.07) is 19.3. The van der Waals surface area contributed by atoms with E-state index in [9.17, 15) is 13.2 Å². The van der Waals surface area contributed by atoms with Gasteiger partial charge in [0.15, 0.2) is 0 Å². The van der Waals surface area contributed by atoms with Crippen molar-refractivity contribution in [1.29, 1.82) is 0 Å². The van der Waals surface area contributed by atoms with Gasteiger partial charge in [0.25, 0.3) is 0 Å². The van der Waals surface area contributed by atoms with E-state index in [1.54, 1.807) is 30.3 Å². The predicted octanol–water partition coefficient (Wildman–Crippen LogP) is 6.09. The molecule has 198 valence electrons. The first kappa shape index (κ1) is 28.6. The Morgan fingerprint density at radius 1 is 1.03 bits per heavy atom. The van der Waals surface area contributed by atoms with Crippen molar-refractivity contribution in [2.45, 2.75) is 63.4 Å². The molecule has 0 aliphatic heterocycles. The number of unbranched alkanes of at least 4 members (excludes halogenated alkanes) is 1. The van der Waals surface area contributed by atoms with Gasteiger partial charge in [-0.25, -0.2) is 13.4 Å². The van der Waals surface area contributed by atoms with Crippen LogP contribution >= 0.6 is 11.6 Å². The first-order valence-electron chi connectivity index (χ1n) is 12.3. The lowest BCUT2D eigenvalue weighted by atomic mass is 9.80. The molecule has 7 nitrogen and oxygen atoms in total. The van der Waals surface area contributed by atoms with Gasteiger partial charge in [0.05, 0.1) is 17.1 Å². The van der Waals surface area contributed by atoms with Gasteiger partial charge in [-0.1, -0.05) is 75.5 Å². The fourth-order valence-electron chi connectivity index (χ4n) is 4.02. The van der Waals surface area contributed by atoms with Crippen molar-refractivity contribution in [3.8, 4) is 0 Å². The summed E-state index contributed by atoms with van der Waals surface area (Å²) >= 11 is 5.99. The third-order valence-corrected chi connectivity index (χ3v) is 8.32. The van der Waals surface area contributed by atoms with Gasteiger partial charge in [0.2, 0.25) is 10.0 Å². The van der Waals surface area contributed by atoms with Crippen molar-refractivity contribution >= 4 is 33.4 Å². The summed E-state index contributed by atoms with van der Waals surface area (Å²) < 4.78 is 28.7. The number of nitrogens with one attached hydrogen (secondary N) is 1. The van der Waals surface area contributed by atoms with Gasteiger partial charge >= 0.3 is 5.97 Å². The van der Waals surface area contributed by atoms with Crippen LogP contribution in [-0.4, -0.2) is 35.3 Å². The summed E-state index contributed by atoms with van der Waals surface area (Å²) in [5.41, 5.74) is 2.60. The second-order valence-corrected chi connectivity index (χ2v) is 12.0. The lowest BCUT2D eigenvalue weighted by Gasteiger charge is -2.26. The van der Waals surface area contributed by atoms with E-state index in [-0.39, 0.29) is 29.9 Å². The first-order chi connectivity index (χ1) is 17.5. The van der Waals surface area contributed by atoms with Crippen molar-refractivity contribution in [1.82, 2.24) is 9.29 Å². The van der Waals surface area contributed by atoms with Gasteiger partial charge in [0.1, 0.15) is 12.4 Å². The molecule has 2 N–H and O–H groups in total. The quantitative estimate of drug-likeness (QED) is 0.270. The number of nitrogens with zero attached hydrogens (tertiary/aromatic N) is 2. The van der Waals surface area contributed by atoms with Crippen LogP contribution in [0, 0.1) is 0 Å². The Balaban J connectivity index is 1.90. The zero-order valence-electron chi connectivity index (χ0n) is 21.4. The zero-order valence-corrected chi connectivity index (χ0v) is 23.0. The van der Waals surface area contributed by atoms with E-state index in [2.05, 4.69) is 43.2 Å². The molecule has 0 spiro atoms. The molecule has 1 heterocycles. The fourth-order valence-corrected chi connectivity index (χ4v) is 5.55. The van der Waals surface area contributed by atoms with Crippen molar-refractivity contribution in [3.63, 3.8) is 0 Å². The Labute approximate surface area is 224 Å². The van der Waals surface area contributed by atoms with Crippen molar-refractivity contribution < 1.29 is 18.3 Å². The van der Waals surface area contributed by atoms with E-state index >= 15 is 0 Å². The van der Waals surface area contributed by atoms with Crippen LogP contribution < -0.4 is 5.32 Å². The number of rotatable bonds is 13. The minimum absolute atomic E-state index is 0.0112. The Kier molecular flexibility index (Phi) is 9.70. The van der Waals surface area contributed by atoms with Gasteiger partial charge in [-0.15, -0.1) is 0 Å². The number of hydrogen-bond donors (Lipinski definition) is 2. The summed E-state index contributed by atoms with van der Waals surface area (Å²) in [4.78, 5) is 15.5. The zero-order chi connectivity index (χ0) is 27.1. The molecule has 9 heteroatoms. The highest BCUT2D eigenvalue weighted by molar-refractivity contribution is 7.89. The molecular weight excluding hydrogens is 510 g/mol. The van der Waals surface area contributed by atoms with Crippen LogP contribution in [-0.2, 0) is 33.3 Å². The Morgan fingerprint density at radius 3 is 2.32 bits per heavy atom. The summed E-state index contributed by atoms with van der Waals surface area (Å²) in [5, 5.41) is 12.1. The number of carboxylic acids is 1. The number of hydrogen-bond acceptors (Lipinski definition) is 5. The number of pyridine rings is 1. The van der Waals surface area contributed by atoms with E-state index in [1.165, 1.54) is 22.0 Å². The molecule has 0 atom stereocenters. The number of carboxylic acid groups (broad SMARTS) is 1. The average molecular weight is 544 g/mol. The van der Waals surface area contributed by atoms with Crippen LogP contribution in [0.2, 0.25) is 5.02 Å². The summed E-state index contributed by atoms with van der Waals surface area (Å²) in [6.45, 7) is 6.51. The van der Waals surface area contributed by atoms with Crippen molar-refractivity contribution in [3.05, 3.63) is 88.6 Å². The lowest BCUT2D eigenvalue weighted by Crippen LogP contribution is -2.31. The molecule has 0 aliphatic rings. The Bertz CT molecular complexity index is 1290. The molecule has 0 saturated heterocycles. The molecule has 0 unspecified atom stereocenters. The smallest absolute Gasteiger partial charge is 0.322 e. The number of carbonyl (C=O) groups is 1. The van der Waals surface area contributed by atoms with E-state index in [4.69, 9.17) is 16.7 Å². The van der Waals surface area contributed by atoms with Crippen LogP contribution in [0.25, 0.3) is 0 Å². The molecule has 0 aliphatic carbocycles. The topological polar surface area (TPSA) is 99.6 Å². The highest BCUT2D eigenvalue weighted by Gasteiger charge is 2.26. The fraction of sp³-hybridized carbons (Fsp3) is 0.357. The molecule has 2 aromatic carbocycles. The molecule has 0 saturated carbocycles. The largest absolute Gasteiger partial charge is 0.480 e. The molecule has 1 aromatic heterocycles. The minimum Gasteiger partial charge on any atom is -0.480 e. The number of sulfonamides is 1. The number of aromatic nitrogens is 1. The lowest BCUT2D eigenvalue weighted by molar-refractivity contribution is -0.134. The van der Waals surface area contributed by atoms with Crippen LogP contribution in [0.15, 0.2) is 71.6 Å². The third kappa shape index (κ3) is 8.02. The SMILES string of the molecule is CCCCC(C)(C)c1ccc(CN(Cc2cccc(NCC(=O)O)n2)S(=O)(=O)c2ccc(Cl)cc2)cc1. The monoisotopic (exact) mass is 543 g/mol. The van der Waals surface area contributed by atoms with Gasteiger partial charge in [-0.2, -0.15) is 4.31 Å². The van der Waals surface area contributed by atoms with Gasteiger partial charge in [-0.3, -0.25) is 4.79 Å². The number of benzene rings is 2. The minimum atomic E-state index is -3.88. The summed E-state index contributed by atoms with van der Waals surface area (Å²) in [6.07, 6.45) is 3.37. The molecule has 0 bridgehead atoms. The van der Waals surface area contributed by atoms with Gasteiger partial charge in [-0.05, 0) is 59.4 Å². The second kappa shape index (κ2) is 12.5. The van der Waals surface area contributed by atoms with E-state index in [0.29, 0.717) is 16.5 Å². The normalized spacial score (nSPS) is 12.0. The van der Waals surface area contributed by atoms with Crippen LogP contribution in [0.3, 0.4) is 0 Å². The maximum atomic E-state index is 13.7. The van der Waals surface area contributed by atoms with Gasteiger partial charge in [0, 0.05) is 11.6 Å². The Hall–Kier alpha value is -2.94.